The highest BCUT2D eigenvalue weighted by Gasteiger charge is 2.11. The van der Waals surface area contributed by atoms with Crippen LogP contribution in [0.1, 0.15) is 11.1 Å². The minimum absolute atomic E-state index is 0.0239. The molecule has 19 heavy (non-hydrogen) atoms. The molecule has 2 atom stereocenters. The summed E-state index contributed by atoms with van der Waals surface area (Å²) in [4.78, 5) is 0. The highest BCUT2D eigenvalue weighted by atomic mass is 31.0. The van der Waals surface area contributed by atoms with Crippen LogP contribution >= 0.6 is 18.5 Å². The zero-order chi connectivity index (χ0) is 14.0. The van der Waals surface area contributed by atoms with Gasteiger partial charge in [0.05, 0.1) is 0 Å². The molecule has 0 bridgehead atoms. The van der Waals surface area contributed by atoms with Gasteiger partial charge in [-0.25, -0.2) is 13.2 Å². The van der Waals surface area contributed by atoms with Crippen molar-refractivity contribution < 1.29 is 13.2 Å². The molecular weight excluding hydrogens is 287 g/mol. The van der Waals surface area contributed by atoms with Gasteiger partial charge in [0.2, 0.25) is 0 Å². The Hall–Kier alpha value is -0.910. The molecule has 2 aromatic rings. The monoisotopic (exact) mass is 300 g/mol. The average Bonchev–Trinajstić information content (AvgIpc) is 2.38. The number of hydrogen-bond donors (Lipinski definition) is 0. The van der Waals surface area contributed by atoms with Crippen LogP contribution in [0.25, 0.3) is 11.1 Å². The predicted octanol–water partition coefficient (Wildman–Crippen LogP) is 4.52. The van der Waals surface area contributed by atoms with Crippen molar-refractivity contribution in [2.75, 3.05) is 0 Å². The van der Waals surface area contributed by atoms with E-state index in [2.05, 4.69) is 18.5 Å². The second-order valence-electron chi connectivity index (χ2n) is 4.13. The molecule has 0 amide bonds. The van der Waals surface area contributed by atoms with Crippen molar-refractivity contribution in [1.82, 2.24) is 0 Å². The van der Waals surface area contributed by atoms with E-state index in [0.717, 1.165) is 0 Å². The van der Waals surface area contributed by atoms with Crippen LogP contribution < -0.4 is 0 Å². The maximum absolute atomic E-state index is 13.7. The molecule has 0 saturated heterocycles. The van der Waals surface area contributed by atoms with Crippen LogP contribution in [0.5, 0.6) is 0 Å². The fourth-order valence-electron chi connectivity index (χ4n) is 1.86. The maximum Gasteiger partial charge on any atom is 0.130 e. The summed E-state index contributed by atoms with van der Waals surface area (Å²) in [6.45, 7) is 0. The van der Waals surface area contributed by atoms with Crippen molar-refractivity contribution in [3.63, 3.8) is 0 Å². The van der Waals surface area contributed by atoms with Gasteiger partial charge in [0, 0.05) is 5.56 Å². The van der Waals surface area contributed by atoms with Crippen molar-refractivity contribution in [3.8, 4) is 11.1 Å². The molecule has 0 heterocycles. The standard InChI is InChI=1S/C14H13F3P2/c15-12-3-8(1-2-9(12)6-18)10-4-13(16)11(7-19)14(17)5-10/h1-5H,6-7,18-19H2. The number of hydrogen-bond acceptors (Lipinski definition) is 0. The molecule has 5 heteroatoms. The van der Waals surface area contributed by atoms with Crippen LogP contribution in [-0.4, -0.2) is 0 Å². The SMILES string of the molecule is Fc1cc(-c2cc(F)c(CP)c(F)c2)ccc1CP. The molecule has 0 N–H and O–H groups in total. The molecular formula is C14H13F3P2. The molecule has 0 aliphatic heterocycles. The zero-order valence-electron chi connectivity index (χ0n) is 10.1. The van der Waals surface area contributed by atoms with Gasteiger partial charge in [-0.15, -0.1) is 18.5 Å². The van der Waals surface area contributed by atoms with Crippen molar-refractivity contribution in [3.05, 3.63) is 58.9 Å². The highest BCUT2D eigenvalue weighted by molar-refractivity contribution is 7.15. The number of benzene rings is 2. The summed E-state index contributed by atoms with van der Waals surface area (Å²) in [7, 11) is 4.72. The largest absolute Gasteiger partial charge is 0.207 e. The van der Waals surface area contributed by atoms with Crippen molar-refractivity contribution in [2.45, 2.75) is 12.3 Å². The average molecular weight is 300 g/mol. The molecule has 0 radical (unpaired) electrons. The summed E-state index contributed by atoms with van der Waals surface area (Å²) in [5, 5.41) is 0. The molecule has 0 aliphatic rings. The van der Waals surface area contributed by atoms with Gasteiger partial charge in [0.15, 0.2) is 0 Å². The summed E-state index contributed by atoms with van der Waals surface area (Å²) in [5.41, 5.74) is 1.38. The van der Waals surface area contributed by atoms with Crippen molar-refractivity contribution in [1.29, 1.82) is 0 Å². The minimum atomic E-state index is -0.611. The van der Waals surface area contributed by atoms with Gasteiger partial charge in [0.25, 0.3) is 0 Å². The lowest BCUT2D eigenvalue weighted by Crippen LogP contribution is -1.94. The summed E-state index contributed by atoms with van der Waals surface area (Å²) >= 11 is 0. The molecule has 2 unspecified atom stereocenters. The number of halogens is 3. The van der Waals surface area contributed by atoms with Gasteiger partial charge in [-0.05, 0) is 47.2 Å². The van der Waals surface area contributed by atoms with E-state index in [4.69, 9.17) is 0 Å². The van der Waals surface area contributed by atoms with Gasteiger partial charge < -0.3 is 0 Å². The predicted molar refractivity (Wildman–Crippen MR) is 78.6 cm³/mol. The highest BCUT2D eigenvalue weighted by Crippen LogP contribution is 2.27. The Labute approximate surface area is 114 Å². The smallest absolute Gasteiger partial charge is 0.130 e. The Morgan fingerprint density at radius 3 is 1.79 bits per heavy atom. The first kappa shape index (κ1) is 14.5. The van der Waals surface area contributed by atoms with Gasteiger partial charge in [-0.1, -0.05) is 12.1 Å². The van der Waals surface area contributed by atoms with Gasteiger partial charge in [0.1, 0.15) is 17.5 Å². The Balaban J connectivity index is 2.50. The van der Waals surface area contributed by atoms with Crippen LogP contribution in [0.4, 0.5) is 13.2 Å². The third kappa shape index (κ3) is 2.99. The summed E-state index contributed by atoms with van der Waals surface area (Å²) in [6.07, 6.45) is 0.707. The third-order valence-electron chi connectivity index (χ3n) is 2.95. The van der Waals surface area contributed by atoms with Crippen molar-refractivity contribution in [2.24, 2.45) is 0 Å². The van der Waals surface area contributed by atoms with Crippen LogP contribution in [0.15, 0.2) is 30.3 Å². The van der Waals surface area contributed by atoms with E-state index < -0.39 is 11.6 Å². The molecule has 2 aromatic carbocycles. The summed E-state index contributed by atoms with van der Waals surface area (Å²) in [5.74, 6) is -1.59. The van der Waals surface area contributed by atoms with Crippen LogP contribution in [-0.2, 0) is 12.3 Å². The van der Waals surface area contributed by atoms with E-state index in [1.165, 1.54) is 18.2 Å². The van der Waals surface area contributed by atoms with Crippen LogP contribution in [0.2, 0.25) is 0 Å². The first-order valence-corrected chi connectivity index (χ1v) is 7.37. The molecule has 0 spiro atoms. The minimum Gasteiger partial charge on any atom is -0.207 e. The molecule has 2 rings (SSSR count). The Morgan fingerprint density at radius 1 is 0.737 bits per heavy atom. The Bertz CT molecular complexity index is 589. The van der Waals surface area contributed by atoms with E-state index in [1.54, 1.807) is 12.1 Å². The second kappa shape index (κ2) is 6.03. The molecule has 0 nitrogen and oxygen atoms in total. The zero-order valence-corrected chi connectivity index (χ0v) is 12.4. The Morgan fingerprint density at radius 2 is 1.32 bits per heavy atom. The van der Waals surface area contributed by atoms with Crippen molar-refractivity contribution >= 4 is 18.5 Å². The molecule has 0 aliphatic carbocycles. The van der Waals surface area contributed by atoms with E-state index in [-0.39, 0.29) is 17.5 Å². The van der Waals surface area contributed by atoms with Gasteiger partial charge in [-0.2, -0.15) is 0 Å². The fraction of sp³-hybridized carbons (Fsp3) is 0.143. The van der Waals surface area contributed by atoms with E-state index in [1.807, 2.05) is 0 Å². The fourth-order valence-corrected chi connectivity index (χ4v) is 2.58. The topological polar surface area (TPSA) is 0 Å². The lowest BCUT2D eigenvalue weighted by atomic mass is 10.0. The number of rotatable bonds is 3. The molecule has 0 saturated carbocycles. The third-order valence-corrected chi connectivity index (χ3v) is 3.80. The normalized spacial score (nSPS) is 10.8. The Kier molecular flexibility index (Phi) is 4.60. The van der Waals surface area contributed by atoms with E-state index >= 15 is 0 Å². The lowest BCUT2D eigenvalue weighted by Gasteiger charge is -2.08. The first-order valence-electron chi connectivity index (χ1n) is 5.73. The maximum atomic E-state index is 13.7. The van der Waals surface area contributed by atoms with E-state index in [9.17, 15) is 13.2 Å². The first-order chi connectivity index (χ1) is 9.06. The quantitative estimate of drug-likeness (QED) is 0.731. The lowest BCUT2D eigenvalue weighted by molar-refractivity contribution is 0.567. The second-order valence-corrected chi connectivity index (χ2v) is 4.95. The molecule has 0 fully saturated rings. The molecule has 0 aromatic heterocycles. The van der Waals surface area contributed by atoms with Crippen LogP contribution in [0, 0.1) is 17.5 Å². The van der Waals surface area contributed by atoms with E-state index in [0.29, 0.717) is 22.9 Å². The summed E-state index contributed by atoms with van der Waals surface area (Å²) < 4.78 is 41.1. The van der Waals surface area contributed by atoms with Crippen LogP contribution in [0.3, 0.4) is 0 Å². The van der Waals surface area contributed by atoms with Gasteiger partial charge >= 0.3 is 0 Å². The van der Waals surface area contributed by atoms with Gasteiger partial charge in [-0.3, -0.25) is 0 Å². The summed E-state index contributed by atoms with van der Waals surface area (Å²) in [6, 6.07) is 7.05. The molecule has 100 valence electrons.